The van der Waals surface area contributed by atoms with Gasteiger partial charge in [0.15, 0.2) is 0 Å². The monoisotopic (exact) mass is 169 g/mol. The van der Waals surface area contributed by atoms with Crippen molar-refractivity contribution in [2.24, 2.45) is 0 Å². The Morgan fingerprint density at radius 2 is 2.50 bits per heavy atom. The number of nitrogens with zero attached hydrogens (tertiary/aromatic N) is 1. The Morgan fingerprint density at radius 1 is 1.75 bits per heavy atom. The molecule has 0 aromatic heterocycles. The summed E-state index contributed by atoms with van der Waals surface area (Å²) in [5.41, 5.74) is 1.42. The quantitative estimate of drug-likeness (QED) is 0.643. The zero-order valence-corrected chi connectivity index (χ0v) is 7.42. The zero-order chi connectivity index (χ0) is 8.97. The van der Waals surface area contributed by atoms with Crippen LogP contribution < -0.4 is 0 Å². The second kappa shape index (κ2) is 4.26. The first-order valence-electron chi connectivity index (χ1n) is 4.28. The van der Waals surface area contributed by atoms with Crippen LogP contribution in [0.1, 0.15) is 19.8 Å². The molecule has 0 saturated carbocycles. The van der Waals surface area contributed by atoms with E-state index in [1.807, 2.05) is 0 Å². The summed E-state index contributed by atoms with van der Waals surface area (Å²) in [6, 6.07) is 0. The summed E-state index contributed by atoms with van der Waals surface area (Å²) in [7, 11) is 0. The molecule has 0 aliphatic carbocycles. The molecule has 0 aromatic rings. The number of hydrogen-bond donors (Lipinski definition) is 1. The molecule has 0 saturated heterocycles. The number of aliphatic carboxylic acids is 1. The molecule has 0 atom stereocenters. The molecule has 0 fully saturated rings. The Morgan fingerprint density at radius 3 is 3.00 bits per heavy atom. The molecule has 1 rings (SSSR count). The highest BCUT2D eigenvalue weighted by molar-refractivity contribution is 5.66. The van der Waals surface area contributed by atoms with Gasteiger partial charge in [0.05, 0.1) is 6.42 Å². The molecular weight excluding hydrogens is 154 g/mol. The van der Waals surface area contributed by atoms with Crippen molar-refractivity contribution in [2.45, 2.75) is 19.8 Å². The lowest BCUT2D eigenvalue weighted by Gasteiger charge is -2.24. The number of hydrogen-bond acceptors (Lipinski definition) is 2. The van der Waals surface area contributed by atoms with E-state index in [-0.39, 0.29) is 6.42 Å². The van der Waals surface area contributed by atoms with E-state index in [0.717, 1.165) is 19.5 Å². The normalized spacial score (nSPS) is 18.9. The molecule has 1 aliphatic heterocycles. The van der Waals surface area contributed by atoms with Gasteiger partial charge in [-0.3, -0.25) is 9.69 Å². The minimum atomic E-state index is -0.707. The molecule has 3 heteroatoms. The highest BCUT2D eigenvalue weighted by Gasteiger charge is 2.09. The Kier molecular flexibility index (Phi) is 3.29. The number of carboxylic acid groups (broad SMARTS) is 1. The first-order valence-corrected chi connectivity index (χ1v) is 4.28. The van der Waals surface area contributed by atoms with Crippen LogP contribution in [0, 0.1) is 0 Å². The van der Waals surface area contributed by atoms with Gasteiger partial charge in [-0.05, 0) is 13.3 Å². The van der Waals surface area contributed by atoms with Crippen molar-refractivity contribution >= 4 is 5.97 Å². The molecule has 0 aromatic carbocycles. The van der Waals surface area contributed by atoms with Crippen molar-refractivity contribution in [1.29, 1.82) is 0 Å². The van der Waals surface area contributed by atoms with Crippen LogP contribution in [0.2, 0.25) is 0 Å². The van der Waals surface area contributed by atoms with Crippen molar-refractivity contribution < 1.29 is 9.90 Å². The average Bonchev–Trinajstić information content (AvgIpc) is 2.03. The van der Waals surface area contributed by atoms with E-state index in [1.165, 1.54) is 5.57 Å². The van der Waals surface area contributed by atoms with E-state index in [1.54, 1.807) is 0 Å². The summed E-state index contributed by atoms with van der Waals surface area (Å²) in [6.45, 7) is 4.72. The Balaban J connectivity index is 2.23. The summed E-state index contributed by atoms with van der Waals surface area (Å²) in [6.07, 6.45) is 3.51. The molecule has 3 nitrogen and oxygen atoms in total. The Bertz CT molecular complexity index is 199. The first kappa shape index (κ1) is 9.26. The second-order valence-electron chi connectivity index (χ2n) is 3.24. The zero-order valence-electron chi connectivity index (χ0n) is 7.42. The van der Waals surface area contributed by atoms with Crippen LogP contribution in [0.3, 0.4) is 0 Å². The van der Waals surface area contributed by atoms with Gasteiger partial charge in [0, 0.05) is 19.6 Å². The second-order valence-corrected chi connectivity index (χ2v) is 3.24. The first-order chi connectivity index (χ1) is 5.68. The topological polar surface area (TPSA) is 40.5 Å². The molecule has 0 amide bonds. The van der Waals surface area contributed by atoms with E-state index in [0.29, 0.717) is 6.54 Å². The molecule has 0 radical (unpaired) electrons. The van der Waals surface area contributed by atoms with Crippen molar-refractivity contribution in [2.75, 3.05) is 19.6 Å². The highest BCUT2D eigenvalue weighted by atomic mass is 16.4. The molecule has 0 unspecified atom stereocenters. The number of carbonyl (C=O) groups is 1. The third kappa shape index (κ3) is 3.05. The van der Waals surface area contributed by atoms with Crippen LogP contribution in [0.5, 0.6) is 0 Å². The van der Waals surface area contributed by atoms with Gasteiger partial charge in [-0.25, -0.2) is 0 Å². The van der Waals surface area contributed by atoms with Crippen molar-refractivity contribution in [3.05, 3.63) is 11.6 Å². The van der Waals surface area contributed by atoms with Crippen LogP contribution in [0.4, 0.5) is 0 Å². The van der Waals surface area contributed by atoms with E-state index < -0.39 is 5.97 Å². The lowest BCUT2D eigenvalue weighted by atomic mass is 10.1. The van der Waals surface area contributed by atoms with Crippen LogP contribution in [0.25, 0.3) is 0 Å². The highest BCUT2D eigenvalue weighted by Crippen LogP contribution is 2.09. The third-order valence-corrected chi connectivity index (χ3v) is 2.16. The molecule has 12 heavy (non-hydrogen) atoms. The van der Waals surface area contributed by atoms with E-state index in [2.05, 4.69) is 17.9 Å². The maximum Gasteiger partial charge on any atom is 0.304 e. The van der Waals surface area contributed by atoms with Gasteiger partial charge in [-0.1, -0.05) is 11.6 Å². The summed E-state index contributed by atoms with van der Waals surface area (Å²) in [5.74, 6) is -0.707. The molecule has 68 valence electrons. The van der Waals surface area contributed by atoms with Gasteiger partial charge >= 0.3 is 5.97 Å². The van der Waals surface area contributed by atoms with Gasteiger partial charge in [-0.2, -0.15) is 0 Å². The molecule has 0 spiro atoms. The minimum Gasteiger partial charge on any atom is -0.481 e. The van der Waals surface area contributed by atoms with E-state index in [9.17, 15) is 4.79 Å². The molecule has 1 heterocycles. The maximum absolute atomic E-state index is 10.3. The molecule has 1 N–H and O–H groups in total. The molecular formula is C9H15NO2. The molecule has 0 bridgehead atoms. The minimum absolute atomic E-state index is 0.257. The van der Waals surface area contributed by atoms with Gasteiger partial charge in [-0.15, -0.1) is 0 Å². The summed E-state index contributed by atoms with van der Waals surface area (Å²) < 4.78 is 0. The third-order valence-electron chi connectivity index (χ3n) is 2.16. The summed E-state index contributed by atoms with van der Waals surface area (Å²) in [5, 5.41) is 8.45. The fourth-order valence-corrected chi connectivity index (χ4v) is 1.27. The Hall–Kier alpha value is -0.830. The fraction of sp³-hybridized carbons (Fsp3) is 0.667. The fourth-order valence-electron chi connectivity index (χ4n) is 1.27. The van der Waals surface area contributed by atoms with Gasteiger partial charge in [0.2, 0.25) is 0 Å². The van der Waals surface area contributed by atoms with Crippen LogP contribution in [-0.2, 0) is 4.79 Å². The van der Waals surface area contributed by atoms with E-state index in [4.69, 9.17) is 5.11 Å². The summed E-state index contributed by atoms with van der Waals surface area (Å²) in [4.78, 5) is 12.4. The number of rotatable bonds is 3. The number of carboxylic acids is 1. The van der Waals surface area contributed by atoms with Gasteiger partial charge in [0.25, 0.3) is 0 Å². The average molecular weight is 169 g/mol. The SMILES string of the molecule is CC1=CCN(CCC(=O)O)CC1. The van der Waals surface area contributed by atoms with Crippen LogP contribution in [-0.4, -0.2) is 35.6 Å². The Labute approximate surface area is 72.7 Å². The van der Waals surface area contributed by atoms with Crippen molar-refractivity contribution in [3.8, 4) is 0 Å². The predicted octanol–water partition coefficient (Wildman–Crippen LogP) is 1.11. The van der Waals surface area contributed by atoms with Crippen LogP contribution >= 0.6 is 0 Å². The maximum atomic E-state index is 10.3. The van der Waals surface area contributed by atoms with Gasteiger partial charge < -0.3 is 5.11 Å². The summed E-state index contributed by atoms with van der Waals surface area (Å²) >= 11 is 0. The lowest BCUT2D eigenvalue weighted by molar-refractivity contribution is -0.137. The van der Waals surface area contributed by atoms with Crippen molar-refractivity contribution in [1.82, 2.24) is 4.90 Å². The standard InChI is InChI=1S/C9H15NO2/c1-8-2-5-10(6-3-8)7-4-9(11)12/h2H,3-7H2,1H3,(H,11,12). The largest absolute Gasteiger partial charge is 0.481 e. The molecule has 1 aliphatic rings. The lowest BCUT2D eigenvalue weighted by Crippen LogP contribution is -2.30. The van der Waals surface area contributed by atoms with Gasteiger partial charge in [0.1, 0.15) is 0 Å². The van der Waals surface area contributed by atoms with Crippen molar-refractivity contribution in [3.63, 3.8) is 0 Å². The van der Waals surface area contributed by atoms with Crippen LogP contribution in [0.15, 0.2) is 11.6 Å². The predicted molar refractivity (Wildman–Crippen MR) is 47.1 cm³/mol. The van der Waals surface area contributed by atoms with E-state index >= 15 is 0 Å². The smallest absolute Gasteiger partial charge is 0.304 e.